The monoisotopic (exact) mass is 219 g/mol. The molecule has 0 spiro atoms. The molecular formula is C11H11N2OS+. The lowest BCUT2D eigenvalue weighted by Gasteiger charge is -1.88. The Labute approximate surface area is 91.6 Å². The second kappa shape index (κ2) is 4.23. The second-order valence-electron chi connectivity index (χ2n) is 3.21. The van der Waals surface area contributed by atoms with E-state index in [0.29, 0.717) is 0 Å². The van der Waals surface area contributed by atoms with Crippen LogP contribution in [0.3, 0.4) is 0 Å². The zero-order chi connectivity index (χ0) is 10.7. The molecule has 4 heteroatoms. The van der Waals surface area contributed by atoms with Gasteiger partial charge in [-0.2, -0.15) is 4.98 Å². The van der Waals surface area contributed by atoms with E-state index in [2.05, 4.69) is 4.98 Å². The number of primary amides is 1. The number of thiazole rings is 1. The van der Waals surface area contributed by atoms with Crippen LogP contribution >= 0.6 is 11.3 Å². The summed E-state index contributed by atoms with van der Waals surface area (Å²) in [5.74, 6) is -0.312. The van der Waals surface area contributed by atoms with Gasteiger partial charge in [-0.1, -0.05) is 29.5 Å². The highest BCUT2D eigenvalue weighted by Gasteiger charge is 2.13. The van der Waals surface area contributed by atoms with Crippen LogP contribution in [0.5, 0.6) is 0 Å². The van der Waals surface area contributed by atoms with Crippen LogP contribution in [-0.2, 0) is 11.2 Å². The number of aromatic nitrogens is 1. The van der Waals surface area contributed by atoms with Crippen LogP contribution < -0.4 is 10.7 Å². The van der Waals surface area contributed by atoms with Crippen molar-refractivity contribution in [3.05, 3.63) is 40.7 Å². The lowest BCUT2D eigenvalue weighted by molar-refractivity contribution is -0.368. The number of aromatic amines is 1. The average molecular weight is 219 g/mol. The molecule has 1 heterocycles. The molecule has 0 radical (unpaired) electrons. The third kappa shape index (κ3) is 2.41. The van der Waals surface area contributed by atoms with Crippen LogP contribution in [0.15, 0.2) is 35.7 Å². The van der Waals surface area contributed by atoms with E-state index < -0.39 is 0 Å². The molecule has 1 amide bonds. The molecule has 0 saturated heterocycles. The summed E-state index contributed by atoms with van der Waals surface area (Å²) in [6.07, 6.45) is 0.275. The largest absolute Gasteiger partial charge is 0.369 e. The molecule has 3 nitrogen and oxygen atoms in total. The smallest absolute Gasteiger partial charge is 0.245 e. The minimum atomic E-state index is -0.312. The van der Waals surface area contributed by atoms with E-state index in [4.69, 9.17) is 5.73 Å². The second-order valence-corrected chi connectivity index (χ2v) is 4.17. The summed E-state index contributed by atoms with van der Waals surface area (Å²) in [4.78, 5) is 13.9. The molecular weight excluding hydrogens is 208 g/mol. The number of H-pyrrole nitrogens is 1. The van der Waals surface area contributed by atoms with Crippen molar-refractivity contribution in [2.24, 2.45) is 5.73 Å². The Bertz CT molecular complexity index is 464. The van der Waals surface area contributed by atoms with Crippen LogP contribution in [0.4, 0.5) is 0 Å². The lowest BCUT2D eigenvalue weighted by atomic mass is 10.2. The maximum atomic E-state index is 10.7. The highest BCUT2D eigenvalue weighted by molar-refractivity contribution is 7.09. The van der Waals surface area contributed by atoms with Crippen molar-refractivity contribution in [2.45, 2.75) is 6.42 Å². The van der Waals surface area contributed by atoms with Gasteiger partial charge in [-0.15, -0.1) is 0 Å². The van der Waals surface area contributed by atoms with Gasteiger partial charge < -0.3 is 5.73 Å². The third-order valence-corrected chi connectivity index (χ3v) is 2.90. The normalized spacial score (nSPS) is 10.1. The average Bonchev–Trinajstić information content (AvgIpc) is 2.67. The van der Waals surface area contributed by atoms with Gasteiger partial charge in [0, 0.05) is 5.56 Å². The molecule has 15 heavy (non-hydrogen) atoms. The van der Waals surface area contributed by atoms with Crippen molar-refractivity contribution >= 4 is 17.2 Å². The van der Waals surface area contributed by atoms with Crippen LogP contribution in [0.25, 0.3) is 11.3 Å². The fraction of sp³-hybridized carbons (Fsp3) is 0.0909. The predicted molar refractivity (Wildman–Crippen MR) is 59.2 cm³/mol. The first-order valence-corrected chi connectivity index (χ1v) is 5.47. The topological polar surface area (TPSA) is 57.2 Å². The van der Waals surface area contributed by atoms with Gasteiger partial charge in [0.2, 0.25) is 16.6 Å². The van der Waals surface area contributed by atoms with Crippen molar-refractivity contribution < 1.29 is 9.78 Å². The SMILES string of the molecule is NC(=O)Cc1[nH+]c(-c2ccccc2)cs1. The minimum absolute atomic E-state index is 0.275. The number of rotatable bonds is 3. The third-order valence-electron chi connectivity index (χ3n) is 2.01. The van der Waals surface area contributed by atoms with Gasteiger partial charge in [0.15, 0.2) is 0 Å². The van der Waals surface area contributed by atoms with Gasteiger partial charge in [-0.25, -0.2) is 0 Å². The molecule has 0 unspecified atom stereocenters. The highest BCUT2D eigenvalue weighted by Crippen LogP contribution is 2.17. The first-order chi connectivity index (χ1) is 7.25. The maximum Gasteiger partial charge on any atom is 0.245 e. The molecule has 0 aliphatic rings. The first kappa shape index (κ1) is 9.86. The van der Waals surface area contributed by atoms with Crippen molar-refractivity contribution in [3.8, 4) is 11.3 Å². The van der Waals surface area contributed by atoms with Crippen molar-refractivity contribution in [1.82, 2.24) is 0 Å². The zero-order valence-electron chi connectivity index (χ0n) is 8.07. The summed E-state index contributed by atoms with van der Waals surface area (Å²) in [6.45, 7) is 0. The van der Waals surface area contributed by atoms with Gasteiger partial charge in [0.05, 0.1) is 5.38 Å². The van der Waals surface area contributed by atoms with Crippen molar-refractivity contribution in [1.29, 1.82) is 0 Å². The minimum Gasteiger partial charge on any atom is -0.369 e. The molecule has 0 atom stereocenters. The molecule has 2 aromatic rings. The number of carbonyl (C=O) groups excluding carboxylic acids is 1. The predicted octanol–water partition coefficient (Wildman–Crippen LogP) is 1.26. The Morgan fingerprint density at radius 2 is 2.07 bits per heavy atom. The number of hydrogen-bond donors (Lipinski definition) is 1. The van der Waals surface area contributed by atoms with Gasteiger partial charge in [0.1, 0.15) is 6.42 Å². The Balaban J connectivity index is 2.24. The fourth-order valence-electron chi connectivity index (χ4n) is 1.34. The molecule has 2 rings (SSSR count). The van der Waals surface area contributed by atoms with Gasteiger partial charge >= 0.3 is 0 Å². The van der Waals surface area contributed by atoms with E-state index in [-0.39, 0.29) is 12.3 Å². The summed E-state index contributed by atoms with van der Waals surface area (Å²) in [7, 11) is 0. The lowest BCUT2D eigenvalue weighted by Crippen LogP contribution is -2.18. The summed E-state index contributed by atoms with van der Waals surface area (Å²) in [6, 6.07) is 9.97. The summed E-state index contributed by atoms with van der Waals surface area (Å²) in [5.41, 5.74) is 7.26. The number of carbonyl (C=O) groups is 1. The molecule has 0 fully saturated rings. The molecule has 0 aliphatic heterocycles. The number of amides is 1. The fourth-order valence-corrected chi connectivity index (χ4v) is 2.19. The van der Waals surface area contributed by atoms with Crippen LogP contribution in [0.1, 0.15) is 5.01 Å². The number of nitrogens with two attached hydrogens (primary N) is 1. The Kier molecular flexibility index (Phi) is 2.78. The summed E-state index contributed by atoms with van der Waals surface area (Å²) >= 11 is 1.52. The molecule has 0 aliphatic carbocycles. The van der Waals surface area contributed by atoms with E-state index in [1.54, 1.807) is 0 Å². The van der Waals surface area contributed by atoms with Crippen LogP contribution in [-0.4, -0.2) is 5.91 Å². The van der Waals surface area contributed by atoms with Crippen molar-refractivity contribution in [3.63, 3.8) is 0 Å². The van der Waals surface area contributed by atoms with E-state index in [1.165, 1.54) is 11.3 Å². The molecule has 0 bridgehead atoms. The standard InChI is InChI=1S/C11H10N2OS/c12-10(14)6-11-13-9(7-15-11)8-4-2-1-3-5-8/h1-5,7H,6H2,(H2,12,14)/p+1. The Hall–Kier alpha value is -1.68. The van der Waals surface area contributed by atoms with Gasteiger partial charge in [0.25, 0.3) is 0 Å². The zero-order valence-corrected chi connectivity index (χ0v) is 8.88. The van der Waals surface area contributed by atoms with Gasteiger partial charge in [-0.05, 0) is 12.1 Å². The first-order valence-electron chi connectivity index (χ1n) is 4.59. The van der Waals surface area contributed by atoms with E-state index in [0.717, 1.165) is 16.3 Å². The molecule has 76 valence electrons. The Morgan fingerprint density at radius 3 is 2.73 bits per heavy atom. The van der Waals surface area contributed by atoms with E-state index in [1.807, 2.05) is 35.7 Å². The summed E-state index contributed by atoms with van der Waals surface area (Å²) in [5, 5.41) is 2.88. The molecule has 1 aromatic carbocycles. The van der Waals surface area contributed by atoms with Crippen LogP contribution in [0.2, 0.25) is 0 Å². The van der Waals surface area contributed by atoms with Gasteiger partial charge in [-0.3, -0.25) is 4.79 Å². The van der Waals surface area contributed by atoms with E-state index in [9.17, 15) is 4.79 Å². The maximum absolute atomic E-state index is 10.7. The molecule has 1 aromatic heterocycles. The van der Waals surface area contributed by atoms with Crippen LogP contribution in [0, 0.1) is 0 Å². The Morgan fingerprint density at radius 1 is 1.33 bits per heavy atom. The van der Waals surface area contributed by atoms with Crippen molar-refractivity contribution in [2.75, 3.05) is 0 Å². The number of benzene rings is 1. The quantitative estimate of drug-likeness (QED) is 0.830. The summed E-state index contributed by atoms with van der Waals surface area (Å²) < 4.78 is 0. The number of nitrogens with one attached hydrogen (secondary N) is 1. The highest BCUT2D eigenvalue weighted by atomic mass is 32.1. The number of hydrogen-bond acceptors (Lipinski definition) is 2. The molecule has 3 N–H and O–H groups in total. The molecule has 0 saturated carbocycles. The van der Waals surface area contributed by atoms with E-state index >= 15 is 0 Å².